The monoisotopic (exact) mass is 243 g/mol. The quantitative estimate of drug-likeness (QED) is 0.765. The van der Waals surface area contributed by atoms with Crippen molar-refractivity contribution in [3.8, 4) is 0 Å². The fraction of sp³-hybridized carbons (Fsp3) is 0.500. The van der Waals surface area contributed by atoms with Crippen LogP contribution in [0.25, 0.3) is 0 Å². The van der Waals surface area contributed by atoms with E-state index in [9.17, 15) is 8.42 Å². The van der Waals surface area contributed by atoms with Gasteiger partial charge < -0.3 is 0 Å². The fourth-order valence-electron chi connectivity index (χ4n) is 1.56. The zero-order valence-electron chi connectivity index (χ0n) is 9.74. The summed E-state index contributed by atoms with van der Waals surface area (Å²) < 4.78 is 26.6. The summed E-state index contributed by atoms with van der Waals surface area (Å²) in [6.07, 6.45) is 2.28. The van der Waals surface area contributed by atoms with E-state index in [-0.39, 0.29) is 10.9 Å². The first kappa shape index (κ1) is 12.9. The van der Waals surface area contributed by atoms with Crippen molar-refractivity contribution in [2.75, 3.05) is 0 Å². The minimum absolute atomic E-state index is 0.170. The number of sulfonamides is 1. The van der Waals surface area contributed by atoms with Gasteiger partial charge in [-0.15, -0.1) is 6.58 Å². The SMILES string of the molecule is C=CCC(C)NS(=O)(=O)c1c(C)n[nH]c1C. The maximum absolute atomic E-state index is 12.0. The van der Waals surface area contributed by atoms with Crippen molar-refractivity contribution in [2.24, 2.45) is 0 Å². The van der Waals surface area contributed by atoms with Crippen LogP contribution in [-0.4, -0.2) is 24.7 Å². The summed E-state index contributed by atoms with van der Waals surface area (Å²) in [7, 11) is -3.49. The molecule has 0 bridgehead atoms. The third-order valence-corrected chi connectivity index (χ3v) is 4.06. The number of hydrogen-bond donors (Lipinski definition) is 2. The van der Waals surface area contributed by atoms with Gasteiger partial charge >= 0.3 is 0 Å². The molecule has 16 heavy (non-hydrogen) atoms. The predicted molar refractivity (Wildman–Crippen MR) is 62.7 cm³/mol. The molecule has 2 N–H and O–H groups in total. The molecule has 5 nitrogen and oxygen atoms in total. The lowest BCUT2D eigenvalue weighted by atomic mass is 10.3. The summed E-state index contributed by atoms with van der Waals surface area (Å²) in [6.45, 7) is 8.72. The first-order valence-corrected chi connectivity index (χ1v) is 6.51. The number of aryl methyl sites for hydroxylation is 2. The normalized spacial score (nSPS) is 13.7. The number of nitrogens with one attached hydrogen (secondary N) is 2. The van der Waals surface area contributed by atoms with Gasteiger partial charge in [-0.2, -0.15) is 5.10 Å². The molecule has 0 radical (unpaired) electrons. The molecule has 0 amide bonds. The summed E-state index contributed by atoms with van der Waals surface area (Å²) in [6, 6.07) is -0.170. The van der Waals surface area contributed by atoms with Crippen LogP contribution < -0.4 is 4.72 Å². The van der Waals surface area contributed by atoms with Gasteiger partial charge in [0.1, 0.15) is 4.90 Å². The summed E-state index contributed by atoms with van der Waals surface area (Å²) in [4.78, 5) is 0.239. The third-order valence-electron chi connectivity index (χ3n) is 2.21. The molecule has 6 heteroatoms. The topological polar surface area (TPSA) is 74.8 Å². The lowest BCUT2D eigenvalue weighted by molar-refractivity contribution is 0.561. The van der Waals surface area contributed by atoms with E-state index in [2.05, 4.69) is 21.5 Å². The van der Waals surface area contributed by atoms with Gasteiger partial charge in [-0.1, -0.05) is 6.08 Å². The van der Waals surface area contributed by atoms with Gasteiger partial charge in [-0.05, 0) is 27.2 Å². The minimum Gasteiger partial charge on any atom is -0.281 e. The van der Waals surface area contributed by atoms with Gasteiger partial charge in [0.05, 0.1) is 11.4 Å². The molecule has 0 aromatic carbocycles. The van der Waals surface area contributed by atoms with E-state index in [4.69, 9.17) is 0 Å². The zero-order chi connectivity index (χ0) is 12.3. The Labute approximate surface area is 96.0 Å². The highest BCUT2D eigenvalue weighted by Crippen LogP contribution is 2.16. The first-order valence-electron chi connectivity index (χ1n) is 5.03. The van der Waals surface area contributed by atoms with Crippen LogP contribution in [0.3, 0.4) is 0 Å². The average Bonchev–Trinajstić information content (AvgIpc) is 2.45. The van der Waals surface area contributed by atoms with Crippen molar-refractivity contribution in [3.63, 3.8) is 0 Å². The Hall–Kier alpha value is -1.14. The Morgan fingerprint density at radius 2 is 2.19 bits per heavy atom. The number of nitrogens with zero attached hydrogens (tertiary/aromatic N) is 1. The van der Waals surface area contributed by atoms with Crippen molar-refractivity contribution in [1.29, 1.82) is 0 Å². The second-order valence-corrected chi connectivity index (χ2v) is 5.46. The van der Waals surface area contributed by atoms with Crippen LogP contribution in [0.1, 0.15) is 24.7 Å². The summed E-state index contributed by atoms with van der Waals surface area (Å²) in [5.74, 6) is 0. The van der Waals surface area contributed by atoms with Gasteiger partial charge in [0.15, 0.2) is 0 Å². The molecular weight excluding hydrogens is 226 g/mol. The molecule has 0 saturated carbocycles. The van der Waals surface area contributed by atoms with Crippen LogP contribution in [0, 0.1) is 13.8 Å². The number of aromatic nitrogens is 2. The smallest absolute Gasteiger partial charge is 0.244 e. The maximum atomic E-state index is 12.0. The second kappa shape index (κ2) is 4.80. The van der Waals surface area contributed by atoms with Gasteiger partial charge in [0, 0.05) is 6.04 Å². The lowest BCUT2D eigenvalue weighted by Crippen LogP contribution is -2.32. The van der Waals surface area contributed by atoms with Crippen molar-refractivity contribution < 1.29 is 8.42 Å². The van der Waals surface area contributed by atoms with Crippen LogP contribution in [0.5, 0.6) is 0 Å². The summed E-state index contributed by atoms with van der Waals surface area (Å²) >= 11 is 0. The molecular formula is C10H17N3O2S. The van der Waals surface area contributed by atoms with E-state index < -0.39 is 10.0 Å². The van der Waals surface area contributed by atoms with E-state index in [0.717, 1.165) is 0 Å². The van der Waals surface area contributed by atoms with Gasteiger partial charge in [-0.25, -0.2) is 13.1 Å². The van der Waals surface area contributed by atoms with Gasteiger partial charge in [0.25, 0.3) is 0 Å². The van der Waals surface area contributed by atoms with E-state index >= 15 is 0 Å². The standard InChI is InChI=1S/C10H17N3O2S/c1-5-6-7(2)13-16(14,15)10-8(3)11-12-9(10)4/h5,7,13H,1,6H2,2-4H3,(H,11,12). The molecule has 0 saturated heterocycles. The van der Waals surface area contributed by atoms with E-state index in [0.29, 0.717) is 17.8 Å². The Balaban J connectivity index is 2.99. The molecule has 1 rings (SSSR count). The predicted octanol–water partition coefficient (Wildman–Crippen LogP) is 1.27. The molecule has 0 spiro atoms. The first-order chi connectivity index (χ1) is 7.38. The van der Waals surface area contributed by atoms with Gasteiger partial charge in [-0.3, -0.25) is 5.10 Å². The van der Waals surface area contributed by atoms with E-state index in [1.807, 2.05) is 0 Å². The highest BCUT2D eigenvalue weighted by Gasteiger charge is 2.23. The highest BCUT2D eigenvalue weighted by atomic mass is 32.2. The lowest BCUT2D eigenvalue weighted by Gasteiger charge is -2.12. The van der Waals surface area contributed by atoms with E-state index in [1.54, 1.807) is 26.8 Å². The summed E-state index contributed by atoms with van der Waals surface area (Å²) in [5, 5.41) is 6.53. The molecule has 1 unspecified atom stereocenters. The summed E-state index contributed by atoms with van der Waals surface area (Å²) in [5.41, 5.74) is 1.03. The van der Waals surface area contributed by atoms with Crippen molar-refractivity contribution >= 4 is 10.0 Å². The van der Waals surface area contributed by atoms with Crippen molar-refractivity contribution in [3.05, 3.63) is 24.0 Å². The molecule has 1 atom stereocenters. The molecule has 1 aromatic heterocycles. The molecule has 1 aromatic rings. The fourth-order valence-corrected chi connectivity index (χ4v) is 3.19. The number of hydrogen-bond acceptors (Lipinski definition) is 3. The Morgan fingerprint density at radius 3 is 2.62 bits per heavy atom. The Morgan fingerprint density at radius 1 is 1.56 bits per heavy atom. The van der Waals surface area contributed by atoms with E-state index in [1.165, 1.54) is 0 Å². The average molecular weight is 243 g/mol. The van der Waals surface area contributed by atoms with Crippen molar-refractivity contribution in [1.82, 2.24) is 14.9 Å². The van der Waals surface area contributed by atoms with Crippen LogP contribution >= 0.6 is 0 Å². The number of H-pyrrole nitrogens is 1. The second-order valence-electron chi connectivity index (χ2n) is 3.81. The molecule has 90 valence electrons. The molecule has 0 fully saturated rings. The maximum Gasteiger partial charge on any atom is 0.244 e. The van der Waals surface area contributed by atoms with Crippen LogP contribution in [0.4, 0.5) is 0 Å². The minimum atomic E-state index is -3.49. The Kier molecular flexibility index (Phi) is 3.88. The zero-order valence-corrected chi connectivity index (χ0v) is 10.6. The van der Waals surface area contributed by atoms with Crippen LogP contribution in [0.15, 0.2) is 17.6 Å². The molecule has 0 aliphatic rings. The number of aromatic amines is 1. The van der Waals surface area contributed by atoms with Crippen molar-refractivity contribution in [2.45, 2.75) is 38.1 Å². The van der Waals surface area contributed by atoms with Gasteiger partial charge in [0.2, 0.25) is 10.0 Å². The third kappa shape index (κ3) is 2.70. The Bertz CT molecular complexity index is 457. The van der Waals surface area contributed by atoms with Crippen LogP contribution in [-0.2, 0) is 10.0 Å². The molecule has 0 aliphatic heterocycles. The highest BCUT2D eigenvalue weighted by molar-refractivity contribution is 7.89. The molecule has 0 aliphatic carbocycles. The van der Waals surface area contributed by atoms with Crippen LogP contribution in [0.2, 0.25) is 0 Å². The molecule has 1 heterocycles. The number of rotatable bonds is 5. The largest absolute Gasteiger partial charge is 0.281 e.